The molecule has 1 aliphatic rings. The predicted octanol–water partition coefficient (Wildman–Crippen LogP) is 3.28. The van der Waals surface area contributed by atoms with Crippen LogP contribution in [0.25, 0.3) is 10.2 Å². The number of benzene rings is 2. The first-order chi connectivity index (χ1) is 14.1. The number of thiazole rings is 1. The summed E-state index contributed by atoms with van der Waals surface area (Å²) in [5.74, 6) is 2.00. The van der Waals surface area contributed by atoms with Crippen molar-refractivity contribution >= 4 is 32.6 Å². The summed E-state index contributed by atoms with van der Waals surface area (Å²) >= 11 is 1.65. The lowest BCUT2D eigenvalue weighted by atomic mass is 10.1. The molecule has 1 aliphatic heterocycles. The highest BCUT2D eigenvalue weighted by Gasteiger charge is 2.24. The lowest BCUT2D eigenvalue weighted by molar-refractivity contribution is 0.0746. The van der Waals surface area contributed by atoms with Crippen LogP contribution < -0.4 is 19.1 Å². The molecule has 0 saturated carbocycles. The van der Waals surface area contributed by atoms with Crippen molar-refractivity contribution in [1.82, 2.24) is 9.88 Å². The number of ether oxygens (including phenoxy) is 3. The molecule has 2 heterocycles. The van der Waals surface area contributed by atoms with E-state index >= 15 is 0 Å². The van der Waals surface area contributed by atoms with Crippen LogP contribution in [0.5, 0.6) is 17.2 Å². The number of anilines is 1. The van der Waals surface area contributed by atoms with Gasteiger partial charge in [-0.15, -0.1) is 0 Å². The molecular formula is C21H23N3O4S. The van der Waals surface area contributed by atoms with Crippen molar-refractivity contribution in [2.75, 3.05) is 52.4 Å². The number of piperazine rings is 1. The molecule has 0 unspecified atom stereocenters. The number of amides is 1. The summed E-state index contributed by atoms with van der Waals surface area (Å²) in [6.07, 6.45) is 0. The summed E-state index contributed by atoms with van der Waals surface area (Å²) in [5, 5.41) is 0.978. The van der Waals surface area contributed by atoms with Gasteiger partial charge in [-0.2, -0.15) is 0 Å². The second-order valence-electron chi connectivity index (χ2n) is 6.68. The van der Waals surface area contributed by atoms with Crippen LogP contribution >= 0.6 is 11.3 Å². The fourth-order valence-electron chi connectivity index (χ4n) is 3.41. The van der Waals surface area contributed by atoms with E-state index in [2.05, 4.69) is 4.90 Å². The van der Waals surface area contributed by atoms with Gasteiger partial charge >= 0.3 is 0 Å². The zero-order valence-electron chi connectivity index (χ0n) is 16.7. The van der Waals surface area contributed by atoms with E-state index in [0.717, 1.165) is 34.2 Å². The van der Waals surface area contributed by atoms with Crippen LogP contribution in [0, 0.1) is 0 Å². The van der Waals surface area contributed by atoms with Crippen molar-refractivity contribution in [3.05, 3.63) is 42.0 Å². The molecule has 2 aromatic carbocycles. The van der Waals surface area contributed by atoms with Crippen molar-refractivity contribution < 1.29 is 19.0 Å². The highest BCUT2D eigenvalue weighted by atomic mass is 32.1. The SMILES string of the molecule is COc1ccc2nc(N3CCN(C(=O)c4ccc(OC)c(OC)c4)CC3)sc2c1. The first-order valence-corrected chi connectivity index (χ1v) is 10.2. The Morgan fingerprint density at radius 1 is 0.931 bits per heavy atom. The number of nitrogens with zero attached hydrogens (tertiary/aromatic N) is 3. The van der Waals surface area contributed by atoms with Crippen molar-refractivity contribution in [2.45, 2.75) is 0 Å². The largest absolute Gasteiger partial charge is 0.497 e. The normalized spacial score (nSPS) is 14.2. The van der Waals surface area contributed by atoms with Gasteiger partial charge in [-0.3, -0.25) is 4.79 Å². The molecule has 1 amide bonds. The third-order valence-electron chi connectivity index (χ3n) is 5.05. The van der Waals surface area contributed by atoms with Crippen molar-refractivity contribution in [3.8, 4) is 17.2 Å². The van der Waals surface area contributed by atoms with E-state index in [1.165, 1.54) is 0 Å². The molecule has 1 saturated heterocycles. The summed E-state index contributed by atoms with van der Waals surface area (Å²) in [6, 6.07) is 11.2. The Bertz CT molecular complexity index is 1030. The minimum absolute atomic E-state index is 0.000334. The highest BCUT2D eigenvalue weighted by molar-refractivity contribution is 7.22. The minimum Gasteiger partial charge on any atom is -0.497 e. The van der Waals surface area contributed by atoms with Gasteiger partial charge in [0, 0.05) is 31.7 Å². The molecule has 0 bridgehead atoms. The number of fused-ring (bicyclic) bond motifs is 1. The van der Waals surface area contributed by atoms with Gasteiger partial charge in [-0.1, -0.05) is 11.3 Å². The third-order valence-corrected chi connectivity index (χ3v) is 6.13. The topological polar surface area (TPSA) is 64.1 Å². The number of aromatic nitrogens is 1. The Morgan fingerprint density at radius 3 is 2.38 bits per heavy atom. The van der Waals surface area contributed by atoms with Gasteiger partial charge in [-0.25, -0.2) is 4.98 Å². The summed E-state index contributed by atoms with van der Waals surface area (Å²) in [4.78, 5) is 21.7. The summed E-state index contributed by atoms with van der Waals surface area (Å²) in [6.45, 7) is 2.78. The van der Waals surface area contributed by atoms with Gasteiger partial charge in [0.15, 0.2) is 16.6 Å². The summed E-state index contributed by atoms with van der Waals surface area (Å²) < 4.78 is 17.0. The average molecular weight is 413 g/mol. The number of carbonyl (C=O) groups is 1. The van der Waals surface area contributed by atoms with Gasteiger partial charge < -0.3 is 24.0 Å². The molecule has 0 atom stereocenters. The van der Waals surface area contributed by atoms with Crippen LogP contribution in [0.4, 0.5) is 5.13 Å². The van der Waals surface area contributed by atoms with E-state index in [4.69, 9.17) is 19.2 Å². The van der Waals surface area contributed by atoms with Crippen LogP contribution in [-0.4, -0.2) is 63.3 Å². The van der Waals surface area contributed by atoms with Crippen LogP contribution in [-0.2, 0) is 0 Å². The average Bonchev–Trinajstić information content (AvgIpc) is 3.21. The van der Waals surface area contributed by atoms with Crippen molar-refractivity contribution in [1.29, 1.82) is 0 Å². The van der Waals surface area contributed by atoms with E-state index in [9.17, 15) is 4.79 Å². The second-order valence-corrected chi connectivity index (χ2v) is 7.69. The number of methoxy groups -OCH3 is 3. The maximum Gasteiger partial charge on any atom is 0.254 e. The van der Waals surface area contributed by atoms with E-state index < -0.39 is 0 Å². The zero-order valence-corrected chi connectivity index (χ0v) is 17.5. The molecule has 3 aromatic rings. The molecule has 1 aromatic heterocycles. The monoisotopic (exact) mass is 413 g/mol. The van der Waals surface area contributed by atoms with Gasteiger partial charge in [0.25, 0.3) is 5.91 Å². The van der Waals surface area contributed by atoms with Crippen LogP contribution in [0.3, 0.4) is 0 Å². The van der Waals surface area contributed by atoms with Crippen molar-refractivity contribution in [2.24, 2.45) is 0 Å². The van der Waals surface area contributed by atoms with Gasteiger partial charge in [-0.05, 0) is 36.4 Å². The highest BCUT2D eigenvalue weighted by Crippen LogP contribution is 2.32. The van der Waals surface area contributed by atoms with E-state index in [-0.39, 0.29) is 5.91 Å². The van der Waals surface area contributed by atoms with Crippen molar-refractivity contribution in [3.63, 3.8) is 0 Å². The molecular weight excluding hydrogens is 390 g/mol. The Kier molecular flexibility index (Phi) is 5.44. The molecule has 0 spiro atoms. The molecule has 0 N–H and O–H groups in total. The predicted molar refractivity (Wildman–Crippen MR) is 114 cm³/mol. The Morgan fingerprint density at radius 2 is 1.69 bits per heavy atom. The van der Waals surface area contributed by atoms with Gasteiger partial charge in [0.1, 0.15) is 5.75 Å². The van der Waals surface area contributed by atoms with E-state index in [1.54, 1.807) is 50.9 Å². The summed E-state index contributed by atoms with van der Waals surface area (Å²) in [7, 11) is 4.81. The lowest BCUT2D eigenvalue weighted by Gasteiger charge is -2.34. The van der Waals surface area contributed by atoms with Crippen LogP contribution in [0.1, 0.15) is 10.4 Å². The molecule has 0 radical (unpaired) electrons. The van der Waals surface area contributed by atoms with Gasteiger partial charge in [0.2, 0.25) is 0 Å². The molecule has 1 fully saturated rings. The smallest absolute Gasteiger partial charge is 0.254 e. The fourth-order valence-corrected chi connectivity index (χ4v) is 4.45. The second kappa shape index (κ2) is 8.16. The van der Waals surface area contributed by atoms with Crippen LogP contribution in [0.15, 0.2) is 36.4 Å². The molecule has 29 heavy (non-hydrogen) atoms. The summed E-state index contributed by atoms with van der Waals surface area (Å²) in [5.41, 5.74) is 1.57. The zero-order chi connectivity index (χ0) is 20.4. The fraction of sp³-hybridized carbons (Fsp3) is 0.333. The quantitative estimate of drug-likeness (QED) is 0.640. The van der Waals surface area contributed by atoms with Crippen LogP contribution in [0.2, 0.25) is 0 Å². The van der Waals surface area contributed by atoms with Gasteiger partial charge in [0.05, 0.1) is 31.5 Å². The van der Waals surface area contributed by atoms with E-state index in [0.29, 0.717) is 30.2 Å². The first kappa shape index (κ1) is 19.3. The number of hydrogen-bond acceptors (Lipinski definition) is 7. The number of carbonyl (C=O) groups excluding carboxylic acids is 1. The molecule has 4 rings (SSSR count). The van der Waals surface area contributed by atoms with E-state index in [1.807, 2.05) is 23.1 Å². The Hall–Kier alpha value is -3.00. The lowest BCUT2D eigenvalue weighted by Crippen LogP contribution is -2.48. The maximum atomic E-state index is 12.9. The molecule has 8 heteroatoms. The maximum absolute atomic E-state index is 12.9. The Labute approximate surface area is 173 Å². The third kappa shape index (κ3) is 3.80. The minimum atomic E-state index is -0.000334. The first-order valence-electron chi connectivity index (χ1n) is 9.33. The molecule has 7 nitrogen and oxygen atoms in total. The number of rotatable bonds is 5. The molecule has 0 aliphatic carbocycles. The molecule has 152 valence electrons. The number of hydrogen-bond donors (Lipinski definition) is 0. The standard InChI is InChI=1S/C21H23N3O4S/c1-26-15-5-6-16-19(13-15)29-21(22-16)24-10-8-23(9-11-24)20(25)14-4-7-17(27-2)18(12-14)28-3/h4-7,12-13H,8-11H2,1-3H3. The Balaban J connectivity index is 1.44.